The Morgan fingerprint density at radius 1 is 1.24 bits per heavy atom. The van der Waals surface area contributed by atoms with Gasteiger partial charge < -0.3 is 20.3 Å². The highest BCUT2D eigenvalue weighted by molar-refractivity contribution is 6.31. The molecule has 3 heterocycles. The van der Waals surface area contributed by atoms with Crippen LogP contribution in [0.2, 0.25) is 5.02 Å². The van der Waals surface area contributed by atoms with E-state index in [1.165, 1.54) is 18.2 Å². The second-order valence-corrected chi connectivity index (χ2v) is 11.5. The highest BCUT2D eigenvalue weighted by Crippen LogP contribution is 2.55. The zero-order valence-electron chi connectivity index (χ0n) is 21.5. The number of anilines is 1. The molecule has 4 aliphatic rings. The second kappa shape index (κ2) is 10.0. The van der Waals surface area contributed by atoms with Crippen LogP contribution in [0.5, 0.6) is 0 Å². The van der Waals surface area contributed by atoms with Crippen molar-refractivity contribution in [2.75, 3.05) is 11.9 Å². The molecule has 8 atom stereocenters. The molecule has 1 aromatic carbocycles. The molecule has 1 saturated carbocycles. The van der Waals surface area contributed by atoms with E-state index in [9.17, 15) is 18.8 Å². The SMILES string of the molecule is CCCCN1C(=O)[C@H]2[C@H](C(=O)Nc3ccc(F)c(Cl)c3)[C@H]3C=C[C@@]2(O3)[C@@H]1C(=O)N[C@@H]1CCC[C@@H](C)[C@H]1C. The van der Waals surface area contributed by atoms with Gasteiger partial charge in [-0.05, 0) is 42.9 Å². The van der Waals surface area contributed by atoms with Crippen LogP contribution in [0, 0.1) is 29.5 Å². The van der Waals surface area contributed by atoms with E-state index in [1.54, 1.807) is 11.0 Å². The Bertz CT molecular complexity index is 1130. The van der Waals surface area contributed by atoms with E-state index in [0.29, 0.717) is 24.1 Å². The summed E-state index contributed by atoms with van der Waals surface area (Å²) in [6.45, 7) is 6.84. The highest BCUT2D eigenvalue weighted by atomic mass is 35.5. The lowest BCUT2D eigenvalue weighted by atomic mass is 9.73. The van der Waals surface area contributed by atoms with Crippen molar-refractivity contribution in [3.63, 3.8) is 0 Å². The average Bonchev–Trinajstić information content (AvgIpc) is 3.50. The summed E-state index contributed by atoms with van der Waals surface area (Å²) in [6.07, 6.45) is 7.71. The number of nitrogens with one attached hydrogen (secondary N) is 2. The highest BCUT2D eigenvalue weighted by Gasteiger charge is 2.72. The van der Waals surface area contributed by atoms with E-state index in [-0.39, 0.29) is 22.9 Å². The Morgan fingerprint density at radius 2 is 2.03 bits per heavy atom. The van der Waals surface area contributed by atoms with Crippen molar-refractivity contribution in [3.8, 4) is 0 Å². The van der Waals surface area contributed by atoms with Crippen LogP contribution in [0.4, 0.5) is 10.1 Å². The lowest BCUT2D eigenvalue weighted by molar-refractivity contribution is -0.141. The van der Waals surface area contributed by atoms with Gasteiger partial charge in [-0.1, -0.05) is 63.8 Å². The number of fused-ring (bicyclic) bond motifs is 1. The molecule has 9 heteroatoms. The smallest absolute Gasteiger partial charge is 0.246 e. The van der Waals surface area contributed by atoms with Crippen LogP contribution < -0.4 is 10.6 Å². The summed E-state index contributed by atoms with van der Waals surface area (Å²) in [5.74, 6) is -2.22. The molecule has 3 amide bonds. The zero-order valence-corrected chi connectivity index (χ0v) is 22.3. The van der Waals surface area contributed by atoms with E-state index >= 15 is 0 Å². The minimum atomic E-state index is -1.19. The van der Waals surface area contributed by atoms with Crippen molar-refractivity contribution in [1.82, 2.24) is 10.2 Å². The van der Waals surface area contributed by atoms with Crippen molar-refractivity contribution < 1.29 is 23.5 Å². The van der Waals surface area contributed by atoms with Crippen molar-refractivity contribution in [1.29, 1.82) is 0 Å². The molecule has 2 saturated heterocycles. The molecular weight excluding hydrogens is 497 g/mol. The topological polar surface area (TPSA) is 87.7 Å². The normalized spacial score (nSPS) is 36.1. The number of hydrogen-bond acceptors (Lipinski definition) is 4. The maximum absolute atomic E-state index is 13.9. The number of carbonyl (C=O) groups excluding carboxylic acids is 3. The molecule has 0 unspecified atom stereocenters. The minimum Gasteiger partial charge on any atom is -0.359 e. The standard InChI is InChI=1S/C28H35ClFN3O4/c1-4-5-13-33-24(26(35)32-20-8-6-7-15(2)16(20)3)28-12-11-21(37-28)22(23(28)27(33)36)25(34)31-17-9-10-19(30)18(29)14-17/h9-12,14-16,20-24H,4-8,13H2,1-3H3,(H,31,34)(H,32,35)/t15-,16-,20-,21-,22-,23-,24+,28+/m1/s1. The lowest BCUT2D eigenvalue weighted by Gasteiger charge is -2.38. The Kier molecular flexibility index (Phi) is 7.09. The van der Waals surface area contributed by atoms with Crippen LogP contribution in [0.15, 0.2) is 30.4 Å². The van der Waals surface area contributed by atoms with Gasteiger partial charge in [0.15, 0.2) is 0 Å². The third-order valence-corrected chi connectivity index (χ3v) is 9.19. The first-order valence-corrected chi connectivity index (χ1v) is 13.8. The van der Waals surface area contributed by atoms with Gasteiger partial charge in [0.25, 0.3) is 0 Å². The maximum atomic E-state index is 13.9. The molecule has 0 aromatic heterocycles. The second-order valence-electron chi connectivity index (χ2n) is 11.1. The fraction of sp³-hybridized carbons (Fsp3) is 0.607. The van der Waals surface area contributed by atoms with E-state index in [0.717, 1.165) is 32.1 Å². The molecule has 1 aliphatic carbocycles. The monoisotopic (exact) mass is 531 g/mol. The Hall–Kier alpha value is -2.45. The number of hydrogen-bond donors (Lipinski definition) is 2. The first kappa shape index (κ1) is 26.2. The molecule has 2 bridgehead atoms. The fourth-order valence-corrected chi connectivity index (χ4v) is 6.86. The molecule has 0 radical (unpaired) electrons. The first-order chi connectivity index (χ1) is 17.7. The van der Waals surface area contributed by atoms with E-state index in [1.807, 2.05) is 13.0 Å². The molecule has 7 nitrogen and oxygen atoms in total. The number of halogens is 2. The van der Waals surface area contributed by atoms with Crippen LogP contribution in [0.25, 0.3) is 0 Å². The Labute approximate surface area is 222 Å². The summed E-state index contributed by atoms with van der Waals surface area (Å²) < 4.78 is 20.0. The van der Waals surface area contributed by atoms with Crippen molar-refractivity contribution in [3.05, 3.63) is 41.2 Å². The van der Waals surface area contributed by atoms with Crippen LogP contribution >= 0.6 is 11.6 Å². The summed E-state index contributed by atoms with van der Waals surface area (Å²) in [7, 11) is 0. The molecule has 1 spiro atoms. The Balaban J connectivity index is 1.42. The van der Waals surface area contributed by atoms with Crippen molar-refractivity contribution >= 4 is 35.0 Å². The number of carbonyl (C=O) groups is 3. The van der Waals surface area contributed by atoms with Gasteiger partial charge in [0.1, 0.15) is 17.5 Å². The van der Waals surface area contributed by atoms with Crippen molar-refractivity contribution in [2.45, 2.75) is 76.7 Å². The predicted molar refractivity (Wildman–Crippen MR) is 138 cm³/mol. The summed E-state index contributed by atoms with van der Waals surface area (Å²) in [5, 5.41) is 5.92. The predicted octanol–water partition coefficient (Wildman–Crippen LogP) is 4.31. The van der Waals surface area contributed by atoms with E-state index in [4.69, 9.17) is 16.3 Å². The number of unbranched alkanes of at least 4 members (excludes halogenated alkanes) is 1. The molecule has 200 valence electrons. The van der Waals surface area contributed by atoms with Gasteiger partial charge in [-0.15, -0.1) is 0 Å². The van der Waals surface area contributed by atoms with Gasteiger partial charge in [0.2, 0.25) is 17.7 Å². The molecule has 5 rings (SSSR count). The molecule has 3 fully saturated rings. The third-order valence-electron chi connectivity index (χ3n) is 8.90. The number of ether oxygens (including phenoxy) is 1. The number of nitrogens with zero attached hydrogens (tertiary/aromatic N) is 1. The number of benzene rings is 1. The summed E-state index contributed by atoms with van der Waals surface area (Å²) in [4.78, 5) is 42.8. The molecule has 1 aromatic rings. The van der Waals surface area contributed by atoms with Gasteiger partial charge in [0, 0.05) is 18.3 Å². The van der Waals surface area contributed by atoms with Gasteiger partial charge in [0.05, 0.1) is 23.0 Å². The van der Waals surface area contributed by atoms with E-state index < -0.39 is 41.3 Å². The van der Waals surface area contributed by atoms with Gasteiger partial charge in [-0.2, -0.15) is 0 Å². The first-order valence-electron chi connectivity index (χ1n) is 13.4. The largest absolute Gasteiger partial charge is 0.359 e. The van der Waals surface area contributed by atoms with Crippen LogP contribution in [0.3, 0.4) is 0 Å². The summed E-state index contributed by atoms with van der Waals surface area (Å²) in [6, 6.07) is 3.14. The third kappa shape index (κ3) is 4.36. The minimum absolute atomic E-state index is 0.0414. The Morgan fingerprint density at radius 3 is 2.76 bits per heavy atom. The fourth-order valence-electron chi connectivity index (χ4n) is 6.68. The molecule has 37 heavy (non-hydrogen) atoms. The number of likely N-dealkylation sites (tertiary alicyclic amines) is 1. The lowest BCUT2D eigenvalue weighted by Crippen LogP contribution is -2.58. The summed E-state index contributed by atoms with van der Waals surface area (Å²) in [5.41, 5.74) is -0.855. The molecule has 2 N–H and O–H groups in total. The van der Waals surface area contributed by atoms with Crippen LogP contribution in [0.1, 0.15) is 52.9 Å². The molecule has 3 aliphatic heterocycles. The van der Waals surface area contributed by atoms with Crippen LogP contribution in [-0.4, -0.2) is 53.0 Å². The quantitative estimate of drug-likeness (QED) is 0.513. The van der Waals surface area contributed by atoms with Gasteiger partial charge in [-0.3, -0.25) is 14.4 Å². The van der Waals surface area contributed by atoms with E-state index in [2.05, 4.69) is 24.5 Å². The van der Waals surface area contributed by atoms with Crippen molar-refractivity contribution in [2.24, 2.45) is 23.7 Å². The zero-order chi connectivity index (χ0) is 26.5. The summed E-state index contributed by atoms with van der Waals surface area (Å²) >= 11 is 5.88. The average molecular weight is 532 g/mol. The van der Waals surface area contributed by atoms with Gasteiger partial charge in [-0.25, -0.2) is 4.39 Å². The molecular formula is C28H35ClFN3O4. The van der Waals surface area contributed by atoms with Crippen LogP contribution in [-0.2, 0) is 19.1 Å². The number of rotatable bonds is 7. The number of amides is 3. The van der Waals surface area contributed by atoms with Gasteiger partial charge >= 0.3 is 0 Å². The maximum Gasteiger partial charge on any atom is 0.246 e.